The Morgan fingerprint density at radius 3 is 2.34 bits per heavy atom. The van der Waals surface area contributed by atoms with Crippen LogP contribution in [-0.4, -0.2) is 32.0 Å². The molecule has 0 aliphatic heterocycles. The number of methoxy groups -OCH3 is 1. The summed E-state index contributed by atoms with van der Waals surface area (Å²) in [7, 11) is -0.0634. The van der Waals surface area contributed by atoms with Crippen LogP contribution in [0.5, 0.6) is 5.75 Å². The van der Waals surface area contributed by atoms with Gasteiger partial charge in [0.05, 0.1) is 21.3 Å². The maximum Gasteiger partial charge on any atom is 0.290 e. The van der Waals surface area contributed by atoms with Gasteiger partial charge in [-0.15, -0.1) is 0 Å². The molecule has 0 saturated carbocycles. The fraction of sp³-hybridized carbons (Fsp3) is 0.261. The first kappa shape index (κ1) is 23.6. The van der Waals surface area contributed by atoms with E-state index in [1.165, 1.54) is 0 Å². The molecule has 3 rings (SSSR count). The Balaban J connectivity index is 1.88. The lowest BCUT2D eigenvalue weighted by Gasteiger charge is -2.20. The van der Waals surface area contributed by atoms with Crippen molar-refractivity contribution in [3.8, 4) is 5.75 Å². The van der Waals surface area contributed by atoms with Crippen LogP contribution in [0.25, 0.3) is 0 Å². The van der Waals surface area contributed by atoms with Crippen LogP contribution in [0.2, 0.25) is 24.7 Å². The molecule has 0 aliphatic rings. The first-order chi connectivity index (χ1) is 15.1. The van der Waals surface area contributed by atoms with Gasteiger partial charge in [0.2, 0.25) is 5.76 Å². The Hall–Kier alpha value is -3.10. The maximum absolute atomic E-state index is 13.3. The highest BCUT2D eigenvalue weighted by Gasteiger charge is 2.26. The van der Waals surface area contributed by atoms with Crippen LogP contribution >= 0.6 is 11.6 Å². The molecule has 1 amide bonds. The largest absolute Gasteiger partial charge is 0.497 e. The molecule has 0 saturated heterocycles. The number of Topliss-reactive ketones (excluding diaryl/α,β-unsaturated/α-hetero) is 1. The number of H-pyrrole nitrogens is 1. The molecule has 0 aliphatic carbocycles. The molecule has 1 heterocycles. The lowest BCUT2D eigenvalue weighted by atomic mass is 9.97. The summed E-state index contributed by atoms with van der Waals surface area (Å²) in [6, 6.07) is 12.6. The second-order valence-corrected chi connectivity index (χ2v) is 13.9. The average molecular weight is 473 g/mol. The lowest BCUT2D eigenvalue weighted by Crippen LogP contribution is -2.38. The molecule has 2 aromatic carbocycles. The zero-order valence-corrected chi connectivity index (χ0v) is 20.1. The number of halogens is 1. The molecule has 3 aromatic rings. The van der Waals surface area contributed by atoms with Gasteiger partial charge >= 0.3 is 0 Å². The number of benzene rings is 2. The number of hydrogen-bond donors (Lipinski definition) is 2. The van der Waals surface area contributed by atoms with E-state index < -0.39 is 25.6 Å². The summed E-state index contributed by atoms with van der Waals surface area (Å²) in [6.07, 6.45) is 0.0692. The molecule has 7 nitrogen and oxygen atoms in total. The molecular formula is C23H25ClN2O5Si. The molecule has 0 fully saturated rings. The quantitative estimate of drug-likeness (QED) is 0.489. The Morgan fingerprint density at radius 1 is 1.12 bits per heavy atom. The number of carbonyl (C=O) groups is 2. The average Bonchev–Trinajstić information content (AvgIpc) is 3.17. The van der Waals surface area contributed by atoms with Gasteiger partial charge in [-0.2, -0.15) is 5.16 Å². The van der Waals surface area contributed by atoms with Crippen molar-refractivity contribution in [2.45, 2.75) is 32.1 Å². The second kappa shape index (κ2) is 9.58. The van der Waals surface area contributed by atoms with E-state index in [1.54, 1.807) is 31.4 Å². The highest BCUT2D eigenvalue weighted by atomic mass is 35.5. The molecule has 168 valence electrons. The molecule has 32 heavy (non-hydrogen) atoms. The number of nitrogens with one attached hydrogen (secondary N) is 2. The van der Waals surface area contributed by atoms with E-state index >= 15 is 0 Å². The number of amides is 1. The van der Waals surface area contributed by atoms with Gasteiger partial charge in [0.1, 0.15) is 11.8 Å². The van der Waals surface area contributed by atoms with E-state index in [0.29, 0.717) is 16.3 Å². The van der Waals surface area contributed by atoms with Crippen LogP contribution in [0.3, 0.4) is 0 Å². The number of aromatic nitrogens is 1. The SMILES string of the molecule is COc1ccc(C(NC(=O)c2cc(=O)[nH]o2)C(=O)Cc2ccc([Si](C)(C)C)c(Cl)c2)cc1. The van der Waals surface area contributed by atoms with Crippen molar-refractivity contribution < 1.29 is 18.8 Å². The highest BCUT2D eigenvalue weighted by Crippen LogP contribution is 2.22. The smallest absolute Gasteiger partial charge is 0.290 e. The van der Waals surface area contributed by atoms with Gasteiger partial charge in [0.15, 0.2) is 5.78 Å². The van der Waals surface area contributed by atoms with Crippen LogP contribution in [0.4, 0.5) is 0 Å². The Kier molecular flexibility index (Phi) is 7.05. The summed E-state index contributed by atoms with van der Waals surface area (Å²) >= 11 is 6.49. The van der Waals surface area contributed by atoms with Crippen molar-refractivity contribution in [2.75, 3.05) is 7.11 Å². The Morgan fingerprint density at radius 2 is 1.81 bits per heavy atom. The van der Waals surface area contributed by atoms with Crippen molar-refractivity contribution >= 4 is 36.6 Å². The summed E-state index contributed by atoms with van der Waals surface area (Å²) in [5.74, 6) is -0.497. The third-order valence-electron chi connectivity index (χ3n) is 5.01. The molecule has 1 atom stereocenters. The van der Waals surface area contributed by atoms with Gasteiger partial charge in [-0.05, 0) is 34.5 Å². The standard InChI is InChI=1S/C23H25ClN2O5Si/c1-30-16-8-6-15(7-9-16)22(25-23(29)19-13-21(28)26-31-19)18(27)12-14-5-10-20(17(24)11-14)32(2,3)4/h5-11,13,22H,12H2,1-4H3,(H,25,29)(H,26,28). The van der Waals surface area contributed by atoms with Gasteiger partial charge in [0, 0.05) is 11.4 Å². The van der Waals surface area contributed by atoms with E-state index in [2.05, 4.69) is 30.1 Å². The minimum absolute atomic E-state index is 0.0692. The highest BCUT2D eigenvalue weighted by molar-refractivity contribution is 6.90. The van der Waals surface area contributed by atoms with Gasteiger partial charge in [-0.1, -0.05) is 55.5 Å². The number of hydrogen-bond acceptors (Lipinski definition) is 5. The van der Waals surface area contributed by atoms with Crippen LogP contribution in [0.1, 0.15) is 27.7 Å². The van der Waals surface area contributed by atoms with Crippen molar-refractivity contribution in [3.63, 3.8) is 0 Å². The summed E-state index contributed by atoms with van der Waals surface area (Å²) in [4.78, 5) is 37.1. The second-order valence-electron chi connectivity index (χ2n) is 8.46. The van der Waals surface area contributed by atoms with Gasteiger partial charge < -0.3 is 14.6 Å². The molecule has 1 aromatic heterocycles. The van der Waals surface area contributed by atoms with Gasteiger partial charge in [-0.3, -0.25) is 14.4 Å². The summed E-state index contributed by atoms with van der Waals surface area (Å²) in [6.45, 7) is 6.61. The first-order valence-corrected chi connectivity index (χ1v) is 13.9. The fourth-order valence-electron chi connectivity index (χ4n) is 3.32. The third-order valence-corrected chi connectivity index (χ3v) is 7.54. The molecule has 2 N–H and O–H groups in total. The zero-order chi connectivity index (χ0) is 23.5. The van der Waals surface area contributed by atoms with E-state index in [-0.39, 0.29) is 18.0 Å². The summed E-state index contributed by atoms with van der Waals surface area (Å²) in [5, 5.41) is 6.50. The Bertz CT molecular complexity index is 1180. The van der Waals surface area contributed by atoms with Crippen LogP contribution in [0.15, 0.2) is 57.8 Å². The summed E-state index contributed by atoms with van der Waals surface area (Å²) < 4.78 is 10.0. The van der Waals surface area contributed by atoms with Crippen molar-refractivity contribution in [2.24, 2.45) is 0 Å². The van der Waals surface area contributed by atoms with E-state index in [4.69, 9.17) is 20.9 Å². The topological polar surface area (TPSA) is 101 Å². The minimum Gasteiger partial charge on any atom is -0.497 e. The summed E-state index contributed by atoms with van der Waals surface area (Å²) in [5.41, 5.74) is 0.786. The van der Waals surface area contributed by atoms with Crippen molar-refractivity contribution in [1.29, 1.82) is 0 Å². The lowest BCUT2D eigenvalue weighted by molar-refractivity contribution is -0.120. The third kappa shape index (κ3) is 5.57. The van der Waals surface area contributed by atoms with E-state index in [0.717, 1.165) is 16.8 Å². The zero-order valence-electron chi connectivity index (χ0n) is 18.3. The number of ketones is 1. The molecule has 0 spiro atoms. The molecular weight excluding hydrogens is 448 g/mol. The molecule has 1 unspecified atom stereocenters. The number of aromatic amines is 1. The molecule has 9 heteroatoms. The molecule has 0 bridgehead atoms. The van der Waals surface area contributed by atoms with E-state index in [1.807, 2.05) is 18.2 Å². The normalized spacial score (nSPS) is 12.3. The number of rotatable bonds is 8. The predicted octanol–water partition coefficient (Wildman–Crippen LogP) is 3.46. The monoisotopic (exact) mass is 472 g/mol. The van der Waals surface area contributed by atoms with Gasteiger partial charge in [-0.25, -0.2) is 0 Å². The Labute approximate surface area is 191 Å². The van der Waals surface area contributed by atoms with Crippen LogP contribution in [0, 0.1) is 0 Å². The van der Waals surface area contributed by atoms with E-state index in [9.17, 15) is 14.4 Å². The maximum atomic E-state index is 13.3. The van der Waals surface area contributed by atoms with Crippen molar-refractivity contribution in [1.82, 2.24) is 10.5 Å². The number of ether oxygens (including phenoxy) is 1. The van der Waals surface area contributed by atoms with Crippen molar-refractivity contribution in [3.05, 3.63) is 80.8 Å². The predicted molar refractivity (Wildman–Crippen MR) is 126 cm³/mol. The molecule has 0 radical (unpaired) electrons. The van der Waals surface area contributed by atoms with Crippen LogP contribution < -0.4 is 20.8 Å². The first-order valence-electron chi connectivity index (χ1n) is 10.0. The number of carbonyl (C=O) groups excluding carboxylic acids is 2. The van der Waals surface area contributed by atoms with Gasteiger partial charge in [0.25, 0.3) is 11.5 Å². The van der Waals surface area contributed by atoms with Crippen LogP contribution in [-0.2, 0) is 11.2 Å². The fourth-order valence-corrected chi connectivity index (χ4v) is 5.75. The minimum atomic E-state index is -1.61.